The Bertz CT molecular complexity index is 271. The lowest BCUT2D eigenvalue weighted by molar-refractivity contribution is 0.289. The summed E-state index contributed by atoms with van der Waals surface area (Å²) in [7, 11) is 0. The molecule has 0 radical (unpaired) electrons. The Morgan fingerprint density at radius 3 is 2.88 bits per heavy atom. The van der Waals surface area contributed by atoms with Crippen molar-refractivity contribution in [2.24, 2.45) is 4.99 Å². The van der Waals surface area contributed by atoms with E-state index in [2.05, 4.69) is 34.0 Å². The average molecular weight is 236 g/mol. The van der Waals surface area contributed by atoms with Crippen molar-refractivity contribution in [1.82, 2.24) is 15.5 Å². The van der Waals surface area contributed by atoms with Crippen LogP contribution in [-0.4, -0.2) is 56.9 Å². The highest BCUT2D eigenvalue weighted by Gasteiger charge is 2.02. The molecule has 2 N–H and O–H groups in total. The molecule has 17 heavy (non-hydrogen) atoms. The summed E-state index contributed by atoms with van der Waals surface area (Å²) in [6.07, 6.45) is 5.66. The zero-order chi connectivity index (χ0) is 12.3. The number of nitrogens with one attached hydrogen (secondary N) is 2. The van der Waals surface area contributed by atoms with Gasteiger partial charge in [0.2, 0.25) is 0 Å². The monoisotopic (exact) mass is 236 g/mol. The minimum absolute atomic E-state index is 0.806. The van der Waals surface area contributed by atoms with Crippen LogP contribution < -0.4 is 10.6 Å². The van der Waals surface area contributed by atoms with Crippen LogP contribution in [0, 0.1) is 0 Å². The molecule has 0 spiro atoms. The van der Waals surface area contributed by atoms with Gasteiger partial charge in [-0.2, -0.15) is 0 Å². The van der Waals surface area contributed by atoms with E-state index in [4.69, 9.17) is 0 Å². The molecule has 0 saturated heterocycles. The molecule has 0 fully saturated rings. The fourth-order valence-electron chi connectivity index (χ4n) is 1.73. The fraction of sp³-hybridized carbons (Fsp3) is 0.615. The molecule has 1 heterocycles. The first-order chi connectivity index (χ1) is 8.36. The highest BCUT2D eigenvalue weighted by molar-refractivity contribution is 5.61. The summed E-state index contributed by atoms with van der Waals surface area (Å²) >= 11 is 0. The minimum atomic E-state index is 0.806. The zero-order valence-corrected chi connectivity index (χ0v) is 10.8. The fourth-order valence-corrected chi connectivity index (χ4v) is 1.73. The van der Waals surface area contributed by atoms with Gasteiger partial charge in [0.05, 0.1) is 5.70 Å². The van der Waals surface area contributed by atoms with Crippen molar-refractivity contribution in [2.75, 3.05) is 45.8 Å². The average Bonchev–Trinajstić information content (AvgIpc) is 2.33. The third-order valence-corrected chi connectivity index (χ3v) is 2.77. The molecule has 0 bridgehead atoms. The number of likely N-dealkylation sites (N-methyl/N-ethyl adjacent to an activating group) is 1. The summed E-state index contributed by atoms with van der Waals surface area (Å²) in [4.78, 5) is 6.85. The summed E-state index contributed by atoms with van der Waals surface area (Å²) < 4.78 is 0. The smallest absolute Gasteiger partial charge is 0.0538 e. The summed E-state index contributed by atoms with van der Waals surface area (Å²) in [6, 6.07) is 0. The van der Waals surface area contributed by atoms with Crippen LogP contribution in [0.25, 0.3) is 0 Å². The second-order valence-corrected chi connectivity index (χ2v) is 4.02. The van der Waals surface area contributed by atoms with Crippen LogP contribution in [0.3, 0.4) is 0 Å². The van der Waals surface area contributed by atoms with Crippen molar-refractivity contribution < 1.29 is 0 Å². The zero-order valence-electron chi connectivity index (χ0n) is 10.8. The van der Waals surface area contributed by atoms with Crippen molar-refractivity contribution in [3.8, 4) is 0 Å². The first kappa shape index (κ1) is 14.1. The van der Waals surface area contributed by atoms with E-state index in [1.54, 1.807) is 6.08 Å². The predicted octanol–water partition coefficient (Wildman–Crippen LogP) is 0.642. The van der Waals surface area contributed by atoms with Gasteiger partial charge < -0.3 is 15.5 Å². The predicted molar refractivity (Wildman–Crippen MR) is 74.6 cm³/mol. The normalized spacial score (nSPS) is 23.0. The molecule has 96 valence electrons. The number of allylic oxidation sites excluding steroid dienone is 2. The highest BCUT2D eigenvalue weighted by Crippen LogP contribution is 1.95. The number of nitrogens with zero attached hydrogens (tertiary/aromatic N) is 2. The van der Waals surface area contributed by atoms with Crippen molar-refractivity contribution in [3.63, 3.8) is 0 Å². The molecular formula is C13H24N4. The molecule has 1 aliphatic heterocycles. The third-order valence-electron chi connectivity index (χ3n) is 2.77. The quantitative estimate of drug-likeness (QED) is 0.739. The Morgan fingerprint density at radius 1 is 1.41 bits per heavy atom. The summed E-state index contributed by atoms with van der Waals surface area (Å²) in [5.41, 5.74) is 1.03. The van der Waals surface area contributed by atoms with Gasteiger partial charge in [0.15, 0.2) is 0 Å². The van der Waals surface area contributed by atoms with Gasteiger partial charge in [0, 0.05) is 45.5 Å². The lowest BCUT2D eigenvalue weighted by Crippen LogP contribution is -2.38. The number of rotatable bonds is 2. The molecule has 4 heteroatoms. The molecule has 1 aliphatic rings. The van der Waals surface area contributed by atoms with Gasteiger partial charge in [-0.15, -0.1) is 0 Å². The molecule has 0 saturated carbocycles. The number of hydrogen-bond donors (Lipinski definition) is 2. The standard InChI is InChI=1S/C13H24N4/c1-3-5-13-12-15-9-11-17(4-2)10-8-14-6-7-16-13/h3,5,7,14-15H,1,4,6,8-12H2,2H3. The van der Waals surface area contributed by atoms with Crippen LogP contribution in [0.1, 0.15) is 6.92 Å². The van der Waals surface area contributed by atoms with E-state index in [0.29, 0.717) is 0 Å². The molecule has 0 atom stereocenters. The number of hydrogen-bond acceptors (Lipinski definition) is 4. The van der Waals surface area contributed by atoms with Gasteiger partial charge >= 0.3 is 0 Å². The molecule has 0 aromatic rings. The van der Waals surface area contributed by atoms with Crippen LogP contribution in [0.5, 0.6) is 0 Å². The Labute approximate surface area is 104 Å². The van der Waals surface area contributed by atoms with E-state index in [-0.39, 0.29) is 0 Å². The minimum Gasteiger partial charge on any atom is -0.310 e. The van der Waals surface area contributed by atoms with Crippen molar-refractivity contribution in [2.45, 2.75) is 6.92 Å². The third kappa shape index (κ3) is 6.36. The molecule has 4 nitrogen and oxygen atoms in total. The number of aliphatic imine (C=N–C) groups is 1. The summed E-state index contributed by atoms with van der Waals surface area (Å²) in [5, 5.41) is 6.78. The van der Waals surface area contributed by atoms with E-state index in [0.717, 1.165) is 51.5 Å². The lowest BCUT2D eigenvalue weighted by atomic mass is 10.3. The van der Waals surface area contributed by atoms with E-state index >= 15 is 0 Å². The maximum Gasteiger partial charge on any atom is 0.0538 e. The van der Waals surface area contributed by atoms with Gasteiger partial charge in [-0.25, -0.2) is 0 Å². The maximum absolute atomic E-state index is 4.41. The van der Waals surface area contributed by atoms with E-state index in [9.17, 15) is 0 Å². The summed E-state index contributed by atoms with van der Waals surface area (Å²) in [6.45, 7) is 12.8. The highest BCUT2D eigenvalue weighted by atomic mass is 15.1. The van der Waals surface area contributed by atoms with Crippen LogP contribution in [0.15, 0.2) is 29.4 Å². The Kier molecular flexibility index (Phi) is 7.54. The van der Waals surface area contributed by atoms with Crippen LogP contribution in [-0.2, 0) is 0 Å². The summed E-state index contributed by atoms with van der Waals surface area (Å²) in [5.74, 6) is 0. The van der Waals surface area contributed by atoms with Crippen molar-refractivity contribution in [1.29, 1.82) is 0 Å². The first-order valence-corrected chi connectivity index (χ1v) is 6.34. The molecule has 0 unspecified atom stereocenters. The molecule has 0 aromatic carbocycles. The van der Waals surface area contributed by atoms with Gasteiger partial charge in [-0.1, -0.05) is 19.6 Å². The SMILES string of the molecule is C=CC=C1CNCCN(CC)CCNCC=N1. The van der Waals surface area contributed by atoms with E-state index < -0.39 is 0 Å². The molecule has 0 aromatic heterocycles. The van der Waals surface area contributed by atoms with E-state index in [1.165, 1.54) is 0 Å². The largest absolute Gasteiger partial charge is 0.310 e. The Morgan fingerprint density at radius 2 is 2.18 bits per heavy atom. The molecular weight excluding hydrogens is 212 g/mol. The molecule has 0 aliphatic carbocycles. The lowest BCUT2D eigenvalue weighted by Gasteiger charge is -2.21. The first-order valence-electron chi connectivity index (χ1n) is 6.34. The Hall–Kier alpha value is -0.970. The molecule has 0 amide bonds. The van der Waals surface area contributed by atoms with Gasteiger partial charge in [0.25, 0.3) is 0 Å². The topological polar surface area (TPSA) is 39.7 Å². The second kappa shape index (κ2) is 9.10. The van der Waals surface area contributed by atoms with Crippen LogP contribution in [0.2, 0.25) is 0 Å². The van der Waals surface area contributed by atoms with E-state index in [1.807, 2.05) is 12.3 Å². The Balaban J connectivity index is 2.50. The van der Waals surface area contributed by atoms with Crippen LogP contribution >= 0.6 is 0 Å². The van der Waals surface area contributed by atoms with Gasteiger partial charge in [0.1, 0.15) is 0 Å². The van der Waals surface area contributed by atoms with Gasteiger partial charge in [-0.3, -0.25) is 4.99 Å². The maximum atomic E-state index is 4.41. The second-order valence-electron chi connectivity index (χ2n) is 4.02. The van der Waals surface area contributed by atoms with Crippen LogP contribution in [0.4, 0.5) is 0 Å². The van der Waals surface area contributed by atoms with Gasteiger partial charge in [-0.05, 0) is 12.6 Å². The van der Waals surface area contributed by atoms with Crippen molar-refractivity contribution in [3.05, 3.63) is 24.4 Å². The molecule has 1 rings (SSSR count). The van der Waals surface area contributed by atoms with Crippen molar-refractivity contribution >= 4 is 6.21 Å².